The average molecular weight is 290 g/mol. The number of rotatable bonds is 7. The smallest absolute Gasteiger partial charge is 0.152 e. The van der Waals surface area contributed by atoms with E-state index in [1.54, 1.807) is 0 Å². The Kier molecular flexibility index (Phi) is 5.20. The molecule has 21 heavy (non-hydrogen) atoms. The Bertz CT molecular complexity index is 556. The number of aryl methyl sites for hydroxylation is 1. The van der Waals surface area contributed by atoms with E-state index in [4.69, 9.17) is 4.42 Å². The zero-order valence-electron chi connectivity index (χ0n) is 13.6. The van der Waals surface area contributed by atoms with Gasteiger partial charge in [0, 0.05) is 24.7 Å². The van der Waals surface area contributed by atoms with E-state index in [9.17, 15) is 0 Å². The minimum Gasteiger partial charge on any atom is -0.460 e. The summed E-state index contributed by atoms with van der Waals surface area (Å²) in [5.74, 6) is 2.33. The van der Waals surface area contributed by atoms with E-state index >= 15 is 0 Å². The van der Waals surface area contributed by atoms with E-state index in [0.29, 0.717) is 12.0 Å². The van der Waals surface area contributed by atoms with Gasteiger partial charge in [0.05, 0.1) is 6.20 Å². The molecule has 1 unspecified atom stereocenters. The van der Waals surface area contributed by atoms with Gasteiger partial charge in [0.15, 0.2) is 5.76 Å². The number of likely N-dealkylation sites (N-methyl/N-ethyl adjacent to an activating group) is 1. The van der Waals surface area contributed by atoms with Gasteiger partial charge in [-0.15, -0.1) is 0 Å². The summed E-state index contributed by atoms with van der Waals surface area (Å²) >= 11 is 0. The van der Waals surface area contributed by atoms with Crippen LogP contribution in [-0.2, 0) is 6.54 Å². The van der Waals surface area contributed by atoms with Crippen LogP contribution in [0.2, 0.25) is 0 Å². The molecule has 0 bridgehead atoms. The van der Waals surface area contributed by atoms with Gasteiger partial charge in [-0.05, 0) is 39.1 Å². The third kappa shape index (κ3) is 4.19. The van der Waals surface area contributed by atoms with Crippen molar-refractivity contribution in [3.8, 4) is 11.5 Å². The van der Waals surface area contributed by atoms with Gasteiger partial charge in [-0.25, -0.2) is 0 Å². The number of aromatic amines is 1. The molecule has 5 nitrogen and oxygen atoms in total. The molecule has 2 aromatic rings. The molecule has 0 amide bonds. The SMILES string of the molecule is Cc1ccc(-c2[nH]ncc2CNC(CN(C)C)C(C)C)o1. The van der Waals surface area contributed by atoms with Crippen LogP contribution in [0.1, 0.15) is 25.2 Å². The second-order valence-corrected chi connectivity index (χ2v) is 6.17. The molecule has 2 aromatic heterocycles. The summed E-state index contributed by atoms with van der Waals surface area (Å²) in [6.45, 7) is 8.23. The molecule has 0 aliphatic rings. The van der Waals surface area contributed by atoms with Crippen LogP contribution < -0.4 is 5.32 Å². The highest BCUT2D eigenvalue weighted by molar-refractivity contribution is 5.56. The fraction of sp³-hybridized carbons (Fsp3) is 0.562. The zero-order chi connectivity index (χ0) is 15.4. The molecule has 2 rings (SSSR count). The van der Waals surface area contributed by atoms with Crippen LogP contribution in [0.25, 0.3) is 11.5 Å². The Labute approximate surface area is 126 Å². The third-order valence-electron chi connectivity index (χ3n) is 3.63. The summed E-state index contributed by atoms with van der Waals surface area (Å²) in [5.41, 5.74) is 2.09. The van der Waals surface area contributed by atoms with E-state index in [2.05, 4.69) is 48.4 Å². The molecule has 116 valence electrons. The predicted molar refractivity (Wildman–Crippen MR) is 85.0 cm³/mol. The van der Waals surface area contributed by atoms with Crippen LogP contribution in [0.3, 0.4) is 0 Å². The van der Waals surface area contributed by atoms with E-state index in [-0.39, 0.29) is 0 Å². The molecule has 0 aliphatic heterocycles. The maximum Gasteiger partial charge on any atom is 0.152 e. The van der Waals surface area contributed by atoms with E-state index in [1.807, 2.05) is 25.3 Å². The van der Waals surface area contributed by atoms with Gasteiger partial charge in [0.25, 0.3) is 0 Å². The normalized spacial score (nSPS) is 13.3. The molecule has 0 saturated carbocycles. The molecular weight excluding hydrogens is 264 g/mol. The minimum atomic E-state index is 0.445. The Balaban J connectivity index is 2.05. The highest BCUT2D eigenvalue weighted by Gasteiger charge is 2.16. The quantitative estimate of drug-likeness (QED) is 0.823. The molecule has 0 spiro atoms. The topological polar surface area (TPSA) is 57.1 Å². The first-order chi connectivity index (χ1) is 9.97. The molecule has 0 saturated heterocycles. The largest absolute Gasteiger partial charge is 0.460 e. The van der Waals surface area contributed by atoms with Crippen molar-refractivity contribution in [3.05, 3.63) is 29.7 Å². The van der Waals surface area contributed by atoms with Crippen molar-refractivity contribution in [1.82, 2.24) is 20.4 Å². The van der Waals surface area contributed by atoms with Crippen LogP contribution in [0, 0.1) is 12.8 Å². The Morgan fingerprint density at radius 1 is 1.33 bits per heavy atom. The number of hydrogen-bond acceptors (Lipinski definition) is 4. The highest BCUT2D eigenvalue weighted by Crippen LogP contribution is 2.23. The minimum absolute atomic E-state index is 0.445. The van der Waals surface area contributed by atoms with E-state index in [1.165, 1.54) is 0 Å². The molecule has 0 aromatic carbocycles. The molecular formula is C16H26N4O. The third-order valence-corrected chi connectivity index (χ3v) is 3.63. The fourth-order valence-electron chi connectivity index (χ4n) is 2.37. The molecule has 0 radical (unpaired) electrons. The molecule has 1 atom stereocenters. The summed E-state index contributed by atoms with van der Waals surface area (Å²) in [6.07, 6.45) is 1.87. The number of H-pyrrole nitrogens is 1. The Hall–Kier alpha value is -1.59. The van der Waals surface area contributed by atoms with Crippen molar-refractivity contribution in [1.29, 1.82) is 0 Å². The average Bonchev–Trinajstić information content (AvgIpc) is 3.02. The second kappa shape index (κ2) is 6.91. The number of aromatic nitrogens is 2. The summed E-state index contributed by atoms with van der Waals surface area (Å²) in [5, 5.41) is 10.8. The van der Waals surface area contributed by atoms with Crippen LogP contribution in [0.5, 0.6) is 0 Å². The van der Waals surface area contributed by atoms with Gasteiger partial charge in [0.1, 0.15) is 11.5 Å². The number of hydrogen-bond donors (Lipinski definition) is 2. The fourth-order valence-corrected chi connectivity index (χ4v) is 2.37. The van der Waals surface area contributed by atoms with Gasteiger partial charge in [-0.3, -0.25) is 5.10 Å². The van der Waals surface area contributed by atoms with Gasteiger partial charge in [-0.1, -0.05) is 13.8 Å². The van der Waals surface area contributed by atoms with E-state index in [0.717, 1.165) is 35.9 Å². The van der Waals surface area contributed by atoms with Crippen LogP contribution in [0.4, 0.5) is 0 Å². The summed E-state index contributed by atoms with van der Waals surface area (Å²) in [4.78, 5) is 2.21. The first-order valence-electron chi connectivity index (χ1n) is 7.44. The maximum atomic E-state index is 5.68. The molecule has 5 heteroatoms. The van der Waals surface area contributed by atoms with Crippen LogP contribution in [0.15, 0.2) is 22.7 Å². The lowest BCUT2D eigenvalue weighted by Gasteiger charge is -2.25. The standard InChI is InChI=1S/C16H26N4O/c1-11(2)14(10-20(4)5)17-8-13-9-18-19-16(13)15-7-6-12(3)21-15/h6-7,9,11,14,17H,8,10H2,1-5H3,(H,18,19). The first-order valence-corrected chi connectivity index (χ1v) is 7.44. The molecule has 2 N–H and O–H groups in total. The van der Waals surface area contributed by atoms with Crippen molar-refractivity contribution < 1.29 is 4.42 Å². The highest BCUT2D eigenvalue weighted by atomic mass is 16.3. The molecule has 0 aliphatic carbocycles. The maximum absolute atomic E-state index is 5.68. The van der Waals surface area contributed by atoms with Crippen molar-refractivity contribution in [2.45, 2.75) is 33.4 Å². The first kappa shape index (κ1) is 15.8. The number of nitrogens with zero attached hydrogens (tertiary/aromatic N) is 2. The molecule has 0 fully saturated rings. The number of nitrogens with one attached hydrogen (secondary N) is 2. The summed E-state index contributed by atoms with van der Waals surface area (Å²) in [6, 6.07) is 4.39. The Morgan fingerprint density at radius 2 is 2.10 bits per heavy atom. The van der Waals surface area contributed by atoms with Gasteiger partial charge < -0.3 is 14.6 Å². The lowest BCUT2D eigenvalue weighted by molar-refractivity contribution is 0.288. The monoisotopic (exact) mass is 290 g/mol. The van der Waals surface area contributed by atoms with Gasteiger partial charge >= 0.3 is 0 Å². The predicted octanol–water partition coefficient (Wildman–Crippen LogP) is 2.65. The van der Waals surface area contributed by atoms with E-state index < -0.39 is 0 Å². The molecule has 2 heterocycles. The van der Waals surface area contributed by atoms with Crippen molar-refractivity contribution in [3.63, 3.8) is 0 Å². The summed E-state index contributed by atoms with van der Waals surface area (Å²) < 4.78 is 5.68. The second-order valence-electron chi connectivity index (χ2n) is 6.17. The van der Waals surface area contributed by atoms with Crippen molar-refractivity contribution in [2.75, 3.05) is 20.6 Å². The van der Waals surface area contributed by atoms with Crippen LogP contribution >= 0.6 is 0 Å². The lowest BCUT2D eigenvalue weighted by atomic mass is 10.0. The Morgan fingerprint density at radius 3 is 2.67 bits per heavy atom. The lowest BCUT2D eigenvalue weighted by Crippen LogP contribution is -2.41. The van der Waals surface area contributed by atoms with Crippen molar-refractivity contribution in [2.24, 2.45) is 5.92 Å². The zero-order valence-corrected chi connectivity index (χ0v) is 13.6. The van der Waals surface area contributed by atoms with Crippen LogP contribution in [-0.4, -0.2) is 41.8 Å². The van der Waals surface area contributed by atoms with Gasteiger partial charge in [-0.2, -0.15) is 5.10 Å². The summed E-state index contributed by atoms with van der Waals surface area (Å²) in [7, 11) is 4.21. The number of furan rings is 1. The van der Waals surface area contributed by atoms with Crippen molar-refractivity contribution >= 4 is 0 Å². The van der Waals surface area contributed by atoms with Gasteiger partial charge in [0.2, 0.25) is 0 Å².